The minimum absolute atomic E-state index is 0.0639. The third-order valence-corrected chi connectivity index (χ3v) is 6.37. The van der Waals surface area contributed by atoms with E-state index in [0.29, 0.717) is 15.8 Å². The zero-order chi connectivity index (χ0) is 14.6. The van der Waals surface area contributed by atoms with Crippen LogP contribution in [0.25, 0.3) is 0 Å². The first kappa shape index (κ1) is 15.7. The van der Waals surface area contributed by atoms with Crippen LogP contribution in [0.3, 0.4) is 0 Å². The van der Waals surface area contributed by atoms with Gasteiger partial charge in [-0.3, -0.25) is 0 Å². The summed E-state index contributed by atoms with van der Waals surface area (Å²) < 4.78 is 27.8. The van der Waals surface area contributed by atoms with Crippen molar-refractivity contribution in [1.29, 1.82) is 0 Å². The molecule has 1 aromatic rings. The van der Waals surface area contributed by atoms with Gasteiger partial charge in [-0.05, 0) is 37.1 Å². The molecule has 1 aliphatic carbocycles. The van der Waals surface area contributed by atoms with Gasteiger partial charge in [0, 0.05) is 18.3 Å². The number of rotatable bonds is 6. The molecule has 4 nitrogen and oxygen atoms in total. The fourth-order valence-corrected chi connectivity index (χ4v) is 5.26. The Balaban J connectivity index is 2.08. The fraction of sp³-hybridized carbons (Fsp3) is 0.571. The van der Waals surface area contributed by atoms with Crippen LogP contribution in [0.4, 0.5) is 5.69 Å². The van der Waals surface area contributed by atoms with E-state index in [1.165, 1.54) is 0 Å². The standard InChI is InChI=1S/C14H22N2O2S2/c1-3-19-12-9-8-11(10-12)16-20(17,18)14-7-5-4-6-13(14)15-2/h4-7,11-12,15-16H,3,8-10H2,1-2H3. The minimum atomic E-state index is -3.45. The van der Waals surface area contributed by atoms with Crippen LogP contribution in [0.1, 0.15) is 26.2 Å². The number of hydrogen-bond acceptors (Lipinski definition) is 4. The molecule has 0 radical (unpaired) electrons. The van der Waals surface area contributed by atoms with Crippen molar-refractivity contribution in [1.82, 2.24) is 4.72 Å². The number of para-hydroxylation sites is 1. The maximum atomic E-state index is 12.5. The molecule has 0 aromatic heterocycles. The van der Waals surface area contributed by atoms with Crippen molar-refractivity contribution in [3.63, 3.8) is 0 Å². The average Bonchev–Trinajstić information content (AvgIpc) is 2.85. The zero-order valence-corrected chi connectivity index (χ0v) is 13.6. The van der Waals surface area contributed by atoms with Crippen molar-refractivity contribution in [2.45, 2.75) is 42.4 Å². The average molecular weight is 314 g/mol. The Labute approximate surface area is 125 Å². The third-order valence-electron chi connectivity index (χ3n) is 3.55. The number of anilines is 1. The lowest BCUT2D eigenvalue weighted by Crippen LogP contribution is -2.33. The third kappa shape index (κ3) is 3.68. The molecule has 6 heteroatoms. The van der Waals surface area contributed by atoms with Gasteiger partial charge in [0.1, 0.15) is 4.90 Å². The fourth-order valence-electron chi connectivity index (χ4n) is 2.62. The number of hydrogen-bond donors (Lipinski definition) is 2. The predicted molar refractivity (Wildman–Crippen MR) is 85.9 cm³/mol. The second kappa shape index (κ2) is 6.83. The summed E-state index contributed by atoms with van der Waals surface area (Å²) in [6.07, 6.45) is 2.96. The van der Waals surface area contributed by atoms with E-state index in [2.05, 4.69) is 17.0 Å². The highest BCUT2D eigenvalue weighted by molar-refractivity contribution is 7.99. The Kier molecular flexibility index (Phi) is 5.35. The SMILES string of the molecule is CCSC1CCC(NS(=O)(=O)c2ccccc2NC)C1. The lowest BCUT2D eigenvalue weighted by molar-refractivity contribution is 0.553. The van der Waals surface area contributed by atoms with Crippen LogP contribution in [0.5, 0.6) is 0 Å². The molecule has 2 unspecified atom stereocenters. The highest BCUT2D eigenvalue weighted by Crippen LogP contribution is 2.31. The maximum Gasteiger partial charge on any atom is 0.242 e. The first-order chi connectivity index (χ1) is 9.56. The van der Waals surface area contributed by atoms with Crippen molar-refractivity contribution in [2.24, 2.45) is 0 Å². The summed E-state index contributed by atoms with van der Waals surface area (Å²) in [6, 6.07) is 7.06. The predicted octanol–water partition coefficient (Wildman–Crippen LogP) is 2.68. The lowest BCUT2D eigenvalue weighted by Gasteiger charge is -2.15. The summed E-state index contributed by atoms with van der Waals surface area (Å²) in [7, 11) is -1.71. The molecule has 2 atom stereocenters. The van der Waals surface area contributed by atoms with Crippen molar-refractivity contribution < 1.29 is 8.42 Å². The molecule has 0 aliphatic heterocycles. The Morgan fingerprint density at radius 3 is 2.75 bits per heavy atom. The Morgan fingerprint density at radius 2 is 2.05 bits per heavy atom. The quantitative estimate of drug-likeness (QED) is 0.847. The molecule has 0 bridgehead atoms. The van der Waals surface area contributed by atoms with Gasteiger partial charge in [-0.2, -0.15) is 11.8 Å². The van der Waals surface area contributed by atoms with E-state index in [-0.39, 0.29) is 6.04 Å². The molecule has 0 saturated heterocycles. The molecule has 0 amide bonds. The van der Waals surface area contributed by atoms with E-state index in [1.54, 1.807) is 25.2 Å². The second-order valence-electron chi connectivity index (χ2n) is 4.95. The number of thioether (sulfide) groups is 1. The van der Waals surface area contributed by atoms with Crippen molar-refractivity contribution in [3.8, 4) is 0 Å². The second-order valence-corrected chi connectivity index (χ2v) is 8.21. The van der Waals surface area contributed by atoms with Crippen LogP contribution < -0.4 is 10.0 Å². The van der Waals surface area contributed by atoms with E-state index in [4.69, 9.17) is 0 Å². The number of benzene rings is 1. The van der Waals surface area contributed by atoms with E-state index >= 15 is 0 Å². The number of sulfonamides is 1. The van der Waals surface area contributed by atoms with Gasteiger partial charge >= 0.3 is 0 Å². The molecule has 1 aliphatic rings. The van der Waals surface area contributed by atoms with E-state index in [1.807, 2.05) is 17.8 Å². The lowest BCUT2D eigenvalue weighted by atomic mass is 10.3. The Morgan fingerprint density at radius 1 is 1.30 bits per heavy atom. The first-order valence-corrected chi connectivity index (χ1v) is 9.50. The summed E-state index contributed by atoms with van der Waals surface area (Å²) in [4.78, 5) is 0.328. The molecular weight excluding hydrogens is 292 g/mol. The maximum absolute atomic E-state index is 12.5. The molecule has 2 N–H and O–H groups in total. The minimum Gasteiger partial charge on any atom is -0.387 e. The Hall–Kier alpha value is -0.720. The van der Waals surface area contributed by atoms with E-state index < -0.39 is 10.0 Å². The van der Waals surface area contributed by atoms with Gasteiger partial charge in [-0.1, -0.05) is 19.1 Å². The highest BCUT2D eigenvalue weighted by atomic mass is 32.2. The zero-order valence-electron chi connectivity index (χ0n) is 11.9. The van der Waals surface area contributed by atoms with Gasteiger partial charge in [0.25, 0.3) is 0 Å². The molecule has 20 heavy (non-hydrogen) atoms. The summed E-state index contributed by atoms with van der Waals surface area (Å²) >= 11 is 1.92. The van der Waals surface area contributed by atoms with E-state index in [0.717, 1.165) is 25.0 Å². The molecule has 112 valence electrons. The van der Waals surface area contributed by atoms with Crippen molar-refractivity contribution in [2.75, 3.05) is 18.1 Å². The Bertz CT molecular complexity index is 546. The van der Waals surface area contributed by atoms with E-state index in [9.17, 15) is 8.42 Å². The molecule has 2 rings (SSSR count). The summed E-state index contributed by atoms with van der Waals surface area (Å²) in [5.41, 5.74) is 0.637. The van der Waals surface area contributed by atoms with Gasteiger partial charge in [0.2, 0.25) is 10.0 Å². The molecule has 0 heterocycles. The summed E-state index contributed by atoms with van der Waals surface area (Å²) in [5, 5.41) is 3.52. The monoisotopic (exact) mass is 314 g/mol. The first-order valence-electron chi connectivity index (χ1n) is 6.97. The van der Waals surface area contributed by atoms with Crippen molar-refractivity contribution in [3.05, 3.63) is 24.3 Å². The van der Waals surface area contributed by atoms with Crippen LogP contribution in [-0.4, -0.2) is 32.5 Å². The molecule has 0 spiro atoms. The van der Waals surface area contributed by atoms with Gasteiger partial charge in [-0.25, -0.2) is 13.1 Å². The normalized spacial score (nSPS) is 22.9. The van der Waals surface area contributed by atoms with Gasteiger partial charge in [-0.15, -0.1) is 0 Å². The summed E-state index contributed by atoms with van der Waals surface area (Å²) in [6.45, 7) is 2.14. The largest absolute Gasteiger partial charge is 0.387 e. The van der Waals surface area contributed by atoms with Crippen LogP contribution in [-0.2, 0) is 10.0 Å². The smallest absolute Gasteiger partial charge is 0.242 e. The van der Waals surface area contributed by atoms with Crippen molar-refractivity contribution >= 4 is 27.5 Å². The number of nitrogens with one attached hydrogen (secondary N) is 2. The van der Waals surface area contributed by atoms with Gasteiger partial charge in [0.05, 0.1) is 5.69 Å². The van der Waals surface area contributed by atoms with Crippen LogP contribution >= 0.6 is 11.8 Å². The molecule has 1 aromatic carbocycles. The topological polar surface area (TPSA) is 58.2 Å². The molecule has 1 fully saturated rings. The van der Waals surface area contributed by atoms with Crippen LogP contribution in [0, 0.1) is 0 Å². The van der Waals surface area contributed by atoms with Gasteiger partial charge in [0.15, 0.2) is 0 Å². The molecule has 1 saturated carbocycles. The van der Waals surface area contributed by atoms with Crippen LogP contribution in [0.15, 0.2) is 29.2 Å². The molecular formula is C14H22N2O2S2. The van der Waals surface area contributed by atoms with Gasteiger partial charge < -0.3 is 5.32 Å². The van der Waals surface area contributed by atoms with Crippen LogP contribution in [0.2, 0.25) is 0 Å². The highest BCUT2D eigenvalue weighted by Gasteiger charge is 2.29. The summed E-state index contributed by atoms with van der Waals surface area (Å²) in [5.74, 6) is 1.09.